The molecule has 11 heavy (non-hydrogen) atoms. The molecule has 0 aliphatic rings. The van der Waals surface area contributed by atoms with E-state index in [1.165, 1.54) is 0 Å². The molecule has 0 fully saturated rings. The van der Waals surface area contributed by atoms with Crippen molar-refractivity contribution in [2.45, 2.75) is 27.7 Å². The molecule has 0 aromatic carbocycles. The normalized spacial score (nSPS) is 14.4. The monoisotopic (exact) mass is 152 g/mol. The minimum Gasteiger partial charge on any atom is -0.294 e. The summed E-state index contributed by atoms with van der Waals surface area (Å²) in [5, 5.41) is 0. The van der Waals surface area contributed by atoms with E-state index in [0.29, 0.717) is 0 Å². The van der Waals surface area contributed by atoms with Crippen molar-refractivity contribution in [2.24, 2.45) is 5.92 Å². The summed E-state index contributed by atoms with van der Waals surface area (Å²) in [6, 6.07) is 0. The number of carbonyl (C=O) groups excluding carboxylic acids is 1. The number of carbonyl (C=O) groups is 1. The number of Topliss-reactive ketones (excluding diaryl/α,β-unsaturated/α-hetero) is 1. The fraction of sp³-hybridized carbons (Fsp3) is 0.500. The first-order valence-corrected chi connectivity index (χ1v) is 3.83. The van der Waals surface area contributed by atoms with Crippen LogP contribution < -0.4 is 0 Å². The molecule has 0 spiro atoms. The van der Waals surface area contributed by atoms with Gasteiger partial charge in [-0.25, -0.2) is 0 Å². The maximum absolute atomic E-state index is 11.4. The molecule has 0 radical (unpaired) electrons. The second-order valence-corrected chi connectivity index (χ2v) is 2.90. The molecule has 0 aromatic heterocycles. The summed E-state index contributed by atoms with van der Waals surface area (Å²) in [5.74, 6) is 0.145. The van der Waals surface area contributed by atoms with Crippen molar-refractivity contribution >= 4 is 5.78 Å². The van der Waals surface area contributed by atoms with Crippen LogP contribution in [0.1, 0.15) is 27.7 Å². The first-order valence-electron chi connectivity index (χ1n) is 3.83. The van der Waals surface area contributed by atoms with E-state index >= 15 is 0 Å². The van der Waals surface area contributed by atoms with Gasteiger partial charge in [-0.2, -0.15) is 0 Å². The Bertz CT molecular complexity index is 199. The quantitative estimate of drug-likeness (QED) is 0.449. The van der Waals surface area contributed by atoms with Crippen molar-refractivity contribution in [3.05, 3.63) is 23.8 Å². The minimum atomic E-state index is -0.0359. The zero-order chi connectivity index (χ0) is 9.02. The smallest absolute Gasteiger partial charge is 0.165 e. The van der Waals surface area contributed by atoms with Gasteiger partial charge in [0.2, 0.25) is 0 Å². The first kappa shape index (κ1) is 10.2. The van der Waals surface area contributed by atoms with E-state index in [1.54, 1.807) is 0 Å². The second kappa shape index (κ2) is 4.12. The lowest BCUT2D eigenvalue weighted by Crippen LogP contribution is -2.12. The molecule has 0 N–H and O–H groups in total. The second-order valence-electron chi connectivity index (χ2n) is 2.90. The highest BCUT2D eigenvalue weighted by Gasteiger charge is 2.13. The molecule has 1 heteroatoms. The van der Waals surface area contributed by atoms with Crippen molar-refractivity contribution < 1.29 is 4.79 Å². The van der Waals surface area contributed by atoms with Gasteiger partial charge in [-0.15, -0.1) is 0 Å². The summed E-state index contributed by atoms with van der Waals surface area (Å²) in [4.78, 5) is 11.4. The Labute approximate surface area is 68.8 Å². The molecule has 1 atom stereocenters. The third-order valence-corrected chi connectivity index (χ3v) is 1.95. The summed E-state index contributed by atoms with van der Waals surface area (Å²) >= 11 is 0. The van der Waals surface area contributed by atoms with Crippen LogP contribution in [-0.4, -0.2) is 5.78 Å². The summed E-state index contributed by atoms with van der Waals surface area (Å²) in [5.41, 5.74) is 1.75. The molecule has 0 aromatic rings. The Kier molecular flexibility index (Phi) is 3.80. The van der Waals surface area contributed by atoms with Crippen LogP contribution in [-0.2, 0) is 4.79 Å². The van der Waals surface area contributed by atoms with Crippen molar-refractivity contribution in [1.29, 1.82) is 0 Å². The van der Waals surface area contributed by atoms with Gasteiger partial charge in [0.25, 0.3) is 0 Å². The Morgan fingerprint density at radius 1 is 1.45 bits per heavy atom. The van der Waals surface area contributed by atoms with E-state index in [0.717, 1.165) is 11.1 Å². The predicted molar refractivity (Wildman–Crippen MR) is 48.4 cm³/mol. The van der Waals surface area contributed by atoms with Crippen molar-refractivity contribution in [2.75, 3.05) is 0 Å². The Morgan fingerprint density at radius 2 is 1.91 bits per heavy atom. The molecule has 1 nitrogen and oxygen atoms in total. The average molecular weight is 152 g/mol. The van der Waals surface area contributed by atoms with Crippen LogP contribution in [0.25, 0.3) is 0 Å². The highest BCUT2D eigenvalue weighted by atomic mass is 16.1. The van der Waals surface area contributed by atoms with Gasteiger partial charge < -0.3 is 0 Å². The number of hydrogen-bond donors (Lipinski definition) is 0. The van der Waals surface area contributed by atoms with E-state index in [-0.39, 0.29) is 11.7 Å². The molecule has 0 saturated heterocycles. The summed E-state index contributed by atoms with van der Waals surface area (Å²) in [7, 11) is 0. The Hall–Kier alpha value is -0.850. The lowest BCUT2D eigenvalue weighted by atomic mass is 9.95. The van der Waals surface area contributed by atoms with Crippen LogP contribution in [0.2, 0.25) is 0 Å². The SMILES string of the molecule is C=C(C)C(C)C(=O)/C(C)=C\C. The molecule has 0 bridgehead atoms. The van der Waals surface area contributed by atoms with Crippen LogP contribution in [0, 0.1) is 5.92 Å². The van der Waals surface area contributed by atoms with Crippen molar-refractivity contribution in [1.82, 2.24) is 0 Å². The van der Waals surface area contributed by atoms with Crippen LogP contribution >= 0.6 is 0 Å². The van der Waals surface area contributed by atoms with Gasteiger partial charge in [0.05, 0.1) is 0 Å². The molecular formula is C10H16O. The number of hydrogen-bond acceptors (Lipinski definition) is 1. The number of rotatable bonds is 3. The maximum Gasteiger partial charge on any atom is 0.165 e. The first-order chi connectivity index (χ1) is 5.00. The third-order valence-electron chi connectivity index (χ3n) is 1.95. The van der Waals surface area contributed by atoms with E-state index in [4.69, 9.17) is 0 Å². The fourth-order valence-corrected chi connectivity index (χ4v) is 0.708. The van der Waals surface area contributed by atoms with Gasteiger partial charge in [0.15, 0.2) is 5.78 Å². The minimum absolute atomic E-state index is 0.0359. The predicted octanol–water partition coefficient (Wildman–Crippen LogP) is 2.73. The van der Waals surface area contributed by atoms with Gasteiger partial charge in [-0.1, -0.05) is 25.2 Å². The van der Waals surface area contributed by atoms with Crippen LogP contribution in [0.4, 0.5) is 0 Å². The molecule has 62 valence electrons. The molecule has 0 rings (SSSR count). The topological polar surface area (TPSA) is 17.1 Å². The van der Waals surface area contributed by atoms with Gasteiger partial charge in [0, 0.05) is 5.92 Å². The van der Waals surface area contributed by atoms with E-state index in [9.17, 15) is 4.79 Å². The molecule has 1 unspecified atom stereocenters. The number of allylic oxidation sites excluding steroid dienone is 3. The van der Waals surface area contributed by atoms with Crippen molar-refractivity contribution in [3.63, 3.8) is 0 Å². The summed E-state index contributed by atoms with van der Waals surface area (Å²) < 4.78 is 0. The van der Waals surface area contributed by atoms with Crippen LogP contribution in [0.5, 0.6) is 0 Å². The van der Waals surface area contributed by atoms with Crippen LogP contribution in [0.15, 0.2) is 23.8 Å². The Balaban J connectivity index is 4.38. The fourth-order valence-electron chi connectivity index (χ4n) is 0.708. The average Bonchev–Trinajstić information content (AvgIpc) is 2.00. The van der Waals surface area contributed by atoms with Gasteiger partial charge in [-0.3, -0.25) is 4.79 Å². The molecule has 0 amide bonds. The lowest BCUT2D eigenvalue weighted by Gasteiger charge is -2.09. The molecule has 0 aliphatic heterocycles. The zero-order valence-corrected chi connectivity index (χ0v) is 7.77. The van der Waals surface area contributed by atoms with E-state index in [1.807, 2.05) is 33.8 Å². The number of ketones is 1. The highest BCUT2D eigenvalue weighted by molar-refractivity contribution is 5.97. The lowest BCUT2D eigenvalue weighted by molar-refractivity contribution is -0.117. The zero-order valence-electron chi connectivity index (χ0n) is 7.77. The largest absolute Gasteiger partial charge is 0.294 e. The van der Waals surface area contributed by atoms with Gasteiger partial charge in [-0.05, 0) is 26.3 Å². The van der Waals surface area contributed by atoms with E-state index < -0.39 is 0 Å². The van der Waals surface area contributed by atoms with Crippen molar-refractivity contribution in [3.8, 4) is 0 Å². The molecule has 0 aliphatic carbocycles. The highest BCUT2D eigenvalue weighted by Crippen LogP contribution is 2.12. The molecular weight excluding hydrogens is 136 g/mol. The van der Waals surface area contributed by atoms with E-state index in [2.05, 4.69) is 6.58 Å². The summed E-state index contributed by atoms with van der Waals surface area (Å²) in [6.07, 6.45) is 1.84. The summed E-state index contributed by atoms with van der Waals surface area (Å²) in [6.45, 7) is 11.2. The maximum atomic E-state index is 11.4. The standard InChI is InChI=1S/C10H16O/c1-6-8(4)10(11)9(5)7(2)3/h6,9H,2H2,1,3-5H3/b8-6-. The molecule has 0 heterocycles. The third kappa shape index (κ3) is 2.71. The molecule has 0 saturated carbocycles. The van der Waals surface area contributed by atoms with Gasteiger partial charge >= 0.3 is 0 Å². The van der Waals surface area contributed by atoms with Crippen LogP contribution in [0.3, 0.4) is 0 Å². The Morgan fingerprint density at radius 3 is 2.18 bits per heavy atom. The van der Waals surface area contributed by atoms with Gasteiger partial charge in [0.1, 0.15) is 0 Å².